The largest absolute Gasteiger partial charge is 0.253 e. The van der Waals surface area contributed by atoms with E-state index >= 15 is 0 Å². The highest BCUT2D eigenvalue weighted by atomic mass is 79.9. The SMILES string of the molecule is CN(C)S(=O)(=O)C1CC[C@@H](Cc2ncc3c(Br)nn(-c4cc(F)c5ncccc5c4)c3n2)C1. The van der Waals surface area contributed by atoms with Crippen LogP contribution in [0.2, 0.25) is 0 Å². The monoisotopic (exact) mass is 532 g/mol. The number of rotatable bonds is 5. The van der Waals surface area contributed by atoms with Crippen LogP contribution >= 0.6 is 15.9 Å². The lowest BCUT2D eigenvalue weighted by Gasteiger charge is -2.17. The van der Waals surface area contributed by atoms with Crippen molar-refractivity contribution >= 4 is 47.9 Å². The summed E-state index contributed by atoms with van der Waals surface area (Å²) in [6.07, 6.45) is 5.88. The molecule has 172 valence electrons. The van der Waals surface area contributed by atoms with E-state index in [1.165, 1.54) is 10.4 Å². The third-order valence-electron chi connectivity index (χ3n) is 6.21. The number of aromatic nitrogens is 5. The van der Waals surface area contributed by atoms with Crippen LogP contribution in [0.3, 0.4) is 0 Å². The van der Waals surface area contributed by atoms with E-state index in [2.05, 4.69) is 31.0 Å². The summed E-state index contributed by atoms with van der Waals surface area (Å²) < 4.78 is 43.1. The van der Waals surface area contributed by atoms with Crippen LogP contribution < -0.4 is 0 Å². The van der Waals surface area contributed by atoms with Crippen molar-refractivity contribution in [1.29, 1.82) is 0 Å². The molecule has 0 amide bonds. The third kappa shape index (κ3) is 4.02. The minimum absolute atomic E-state index is 0.186. The topological polar surface area (TPSA) is 93.9 Å². The fourth-order valence-corrected chi connectivity index (χ4v) is 6.46. The highest BCUT2D eigenvalue weighted by Crippen LogP contribution is 2.34. The molecule has 8 nitrogen and oxygen atoms in total. The summed E-state index contributed by atoms with van der Waals surface area (Å²) in [5.41, 5.74) is 1.40. The molecule has 0 N–H and O–H groups in total. The van der Waals surface area contributed by atoms with Gasteiger partial charge in [-0.3, -0.25) is 4.98 Å². The summed E-state index contributed by atoms with van der Waals surface area (Å²) in [4.78, 5) is 13.3. The van der Waals surface area contributed by atoms with Crippen molar-refractivity contribution in [3.63, 3.8) is 0 Å². The van der Waals surface area contributed by atoms with Gasteiger partial charge in [-0.25, -0.2) is 31.8 Å². The van der Waals surface area contributed by atoms with Crippen LogP contribution in [0.25, 0.3) is 27.6 Å². The van der Waals surface area contributed by atoms with Gasteiger partial charge >= 0.3 is 0 Å². The number of fused-ring (bicyclic) bond motifs is 2. The van der Waals surface area contributed by atoms with Gasteiger partial charge in [-0.1, -0.05) is 6.07 Å². The molecule has 3 heterocycles. The summed E-state index contributed by atoms with van der Waals surface area (Å²) in [5.74, 6) is 0.370. The first-order chi connectivity index (χ1) is 15.7. The van der Waals surface area contributed by atoms with E-state index in [1.807, 2.05) is 6.07 Å². The van der Waals surface area contributed by atoms with Crippen molar-refractivity contribution < 1.29 is 12.8 Å². The zero-order chi connectivity index (χ0) is 23.3. The Morgan fingerprint density at radius 3 is 2.85 bits per heavy atom. The van der Waals surface area contributed by atoms with Crippen LogP contribution in [0.4, 0.5) is 4.39 Å². The minimum Gasteiger partial charge on any atom is -0.253 e. The van der Waals surface area contributed by atoms with Gasteiger partial charge in [0.05, 0.1) is 16.3 Å². The fourth-order valence-electron chi connectivity index (χ4n) is 4.48. The normalized spacial score (nSPS) is 19.2. The molecule has 11 heteroatoms. The lowest BCUT2D eigenvalue weighted by molar-refractivity contribution is 0.494. The lowest BCUT2D eigenvalue weighted by atomic mass is 10.0. The van der Waals surface area contributed by atoms with Gasteiger partial charge in [0.15, 0.2) is 11.5 Å². The van der Waals surface area contributed by atoms with Crippen LogP contribution in [0.5, 0.6) is 0 Å². The Kier molecular flexibility index (Phi) is 5.66. The maximum absolute atomic E-state index is 14.7. The Labute approximate surface area is 199 Å². The van der Waals surface area contributed by atoms with E-state index in [0.29, 0.717) is 57.3 Å². The van der Waals surface area contributed by atoms with E-state index in [0.717, 1.165) is 6.42 Å². The predicted octanol–water partition coefficient (Wildman–Crippen LogP) is 3.87. The predicted molar refractivity (Wildman–Crippen MR) is 127 cm³/mol. The number of hydrogen-bond donors (Lipinski definition) is 0. The van der Waals surface area contributed by atoms with E-state index < -0.39 is 15.8 Å². The summed E-state index contributed by atoms with van der Waals surface area (Å²) >= 11 is 3.45. The van der Waals surface area contributed by atoms with Crippen LogP contribution in [0, 0.1) is 11.7 Å². The average Bonchev–Trinajstić information content (AvgIpc) is 3.38. The lowest BCUT2D eigenvalue weighted by Crippen LogP contribution is -2.32. The maximum Gasteiger partial charge on any atom is 0.216 e. The molecule has 5 rings (SSSR count). The molecule has 1 unspecified atom stereocenters. The van der Waals surface area contributed by atoms with Gasteiger partial charge in [0, 0.05) is 44.4 Å². The first kappa shape index (κ1) is 22.3. The number of benzene rings is 1. The highest BCUT2D eigenvalue weighted by Gasteiger charge is 2.35. The van der Waals surface area contributed by atoms with Crippen molar-refractivity contribution in [2.24, 2.45) is 5.92 Å². The molecule has 4 aromatic rings. The van der Waals surface area contributed by atoms with E-state index in [-0.39, 0.29) is 11.2 Å². The zero-order valence-corrected chi connectivity index (χ0v) is 20.5. The molecule has 1 aromatic carbocycles. The van der Waals surface area contributed by atoms with Crippen molar-refractivity contribution in [2.75, 3.05) is 14.1 Å². The molecule has 2 atom stereocenters. The molecule has 3 aromatic heterocycles. The minimum atomic E-state index is -3.27. The second-order valence-corrected chi connectivity index (χ2v) is 11.7. The van der Waals surface area contributed by atoms with E-state index in [9.17, 15) is 12.8 Å². The first-order valence-corrected chi connectivity index (χ1v) is 12.9. The quantitative estimate of drug-likeness (QED) is 0.387. The molecule has 0 spiro atoms. The molecule has 1 fully saturated rings. The maximum atomic E-state index is 14.7. The third-order valence-corrected chi connectivity index (χ3v) is 9.09. The second-order valence-electron chi connectivity index (χ2n) is 8.56. The summed E-state index contributed by atoms with van der Waals surface area (Å²) in [5, 5.41) is 5.52. The van der Waals surface area contributed by atoms with Crippen molar-refractivity contribution in [1.82, 2.24) is 29.0 Å². The van der Waals surface area contributed by atoms with Crippen molar-refractivity contribution in [2.45, 2.75) is 30.9 Å². The number of pyridine rings is 1. The molecule has 1 saturated carbocycles. The number of halogens is 2. The van der Waals surface area contributed by atoms with E-state index in [1.54, 1.807) is 43.3 Å². The summed E-state index contributed by atoms with van der Waals surface area (Å²) in [7, 11) is -0.119. The fraction of sp³-hybridized carbons (Fsp3) is 0.364. The molecule has 0 radical (unpaired) electrons. The Morgan fingerprint density at radius 1 is 1.24 bits per heavy atom. The molecule has 1 aliphatic rings. The zero-order valence-electron chi connectivity index (χ0n) is 18.1. The van der Waals surface area contributed by atoms with Gasteiger partial charge in [0.25, 0.3) is 0 Å². The Bertz CT molecular complexity index is 1470. The van der Waals surface area contributed by atoms with E-state index in [4.69, 9.17) is 4.98 Å². The van der Waals surface area contributed by atoms with Gasteiger partial charge in [0.2, 0.25) is 10.0 Å². The van der Waals surface area contributed by atoms with Crippen molar-refractivity contribution in [3.8, 4) is 5.69 Å². The molecule has 0 saturated heterocycles. The second kappa shape index (κ2) is 8.37. The van der Waals surface area contributed by atoms with Gasteiger partial charge in [-0.2, -0.15) is 5.10 Å². The molecule has 1 aliphatic carbocycles. The smallest absolute Gasteiger partial charge is 0.216 e. The Morgan fingerprint density at radius 2 is 2.06 bits per heavy atom. The van der Waals surface area contributed by atoms with Crippen LogP contribution in [0.15, 0.2) is 41.3 Å². The van der Waals surface area contributed by atoms with Crippen LogP contribution in [-0.4, -0.2) is 56.8 Å². The van der Waals surface area contributed by atoms with Gasteiger partial charge < -0.3 is 0 Å². The Balaban J connectivity index is 1.48. The van der Waals surface area contributed by atoms with Crippen molar-refractivity contribution in [3.05, 3.63) is 52.9 Å². The summed E-state index contributed by atoms with van der Waals surface area (Å²) in [6, 6.07) is 6.77. The number of hydrogen-bond acceptors (Lipinski definition) is 6. The summed E-state index contributed by atoms with van der Waals surface area (Å²) in [6.45, 7) is 0. The highest BCUT2D eigenvalue weighted by molar-refractivity contribution is 9.10. The molecule has 0 bridgehead atoms. The van der Waals surface area contributed by atoms with Gasteiger partial charge in [0.1, 0.15) is 15.9 Å². The molecular formula is C22H22BrFN6O2S. The Hall–Kier alpha value is -2.50. The first-order valence-electron chi connectivity index (χ1n) is 10.6. The van der Waals surface area contributed by atoms with Gasteiger partial charge in [-0.15, -0.1) is 0 Å². The van der Waals surface area contributed by atoms with Crippen LogP contribution in [-0.2, 0) is 16.4 Å². The standard InChI is InChI=1S/C22H22BrFN6O2S/c1-29(2)33(31,32)16-6-5-13(8-16)9-19-26-12-17-21(23)28-30(22(17)27-19)15-10-14-4-3-7-25-20(14)18(24)11-15/h3-4,7,10-13,16H,5-6,8-9H2,1-2H3/t13-,16?/m1/s1. The number of sulfonamides is 1. The average molecular weight is 533 g/mol. The van der Waals surface area contributed by atoms with Gasteiger partial charge in [-0.05, 0) is 53.2 Å². The number of nitrogens with zero attached hydrogens (tertiary/aromatic N) is 6. The molecule has 33 heavy (non-hydrogen) atoms. The molecular weight excluding hydrogens is 511 g/mol. The van der Waals surface area contributed by atoms with Crippen LogP contribution in [0.1, 0.15) is 25.1 Å². The molecule has 0 aliphatic heterocycles.